The highest BCUT2D eigenvalue weighted by Crippen LogP contribution is 2.38. The van der Waals surface area contributed by atoms with Crippen LogP contribution in [0.3, 0.4) is 0 Å². The van der Waals surface area contributed by atoms with E-state index in [1.807, 2.05) is 29.1 Å². The van der Waals surface area contributed by atoms with Crippen molar-refractivity contribution >= 4 is 29.5 Å². The highest BCUT2D eigenvalue weighted by atomic mass is 19.1. The minimum absolute atomic E-state index is 0.205. The summed E-state index contributed by atoms with van der Waals surface area (Å²) in [6, 6.07) is 17.9. The van der Waals surface area contributed by atoms with Crippen molar-refractivity contribution in [3.8, 4) is 11.3 Å². The number of nitrogens with zero attached hydrogens (tertiary/aromatic N) is 8. The molecule has 5 aliphatic rings. The standard InChI is InChI=1S/C49H55FN10O4/c1-31-4-2-3-19-60-45(31)39(26-53-60)44-40(50)27-52-48(56-44)54-42-13-9-35(25-51-42)34-15-20-57(21-16-34)28-32-5-7-33(8-6-32)29-58-22-17-49(64,18-23-58)37-10-11-38-36(24-37)30-59(47(38)63)41-12-14-43(61)55-46(41)62/h5-11,13,24-27,31,34,41,64H,2-4,12,14-23,28-30H2,1H3,(H,55,61,62)(H,51,52,54,56). The number of piperidine rings is 3. The van der Waals surface area contributed by atoms with Crippen molar-refractivity contribution in [1.82, 2.24) is 44.7 Å². The van der Waals surface area contributed by atoms with E-state index in [9.17, 15) is 19.5 Å². The molecule has 0 saturated carbocycles. The van der Waals surface area contributed by atoms with E-state index >= 15 is 4.39 Å². The normalized spacial score (nSPS) is 21.9. The summed E-state index contributed by atoms with van der Waals surface area (Å²) in [4.78, 5) is 57.2. The molecule has 3 N–H and O–H groups in total. The van der Waals surface area contributed by atoms with Gasteiger partial charge in [-0.15, -0.1) is 0 Å². The van der Waals surface area contributed by atoms with Gasteiger partial charge >= 0.3 is 0 Å². The van der Waals surface area contributed by atoms with E-state index in [0.29, 0.717) is 49.1 Å². The second kappa shape index (κ2) is 17.6. The molecule has 2 aromatic carbocycles. The third-order valence-electron chi connectivity index (χ3n) is 14.3. The number of hydrogen-bond donors (Lipinski definition) is 3. The first-order valence-corrected chi connectivity index (χ1v) is 22.9. The predicted molar refractivity (Wildman–Crippen MR) is 238 cm³/mol. The number of anilines is 2. The van der Waals surface area contributed by atoms with Crippen molar-refractivity contribution in [3.63, 3.8) is 0 Å². The molecule has 8 heterocycles. The molecule has 15 heteroatoms. The smallest absolute Gasteiger partial charge is 0.255 e. The fourth-order valence-electron chi connectivity index (χ4n) is 10.5. The van der Waals surface area contributed by atoms with Crippen LogP contribution in [-0.4, -0.2) is 94.5 Å². The van der Waals surface area contributed by atoms with Crippen LogP contribution in [0.4, 0.5) is 16.2 Å². The SMILES string of the molecule is CC1CCCCn2ncc(-c3nc(Nc4ccc(C5CCN(Cc6ccc(CN7CCC(O)(c8ccc9c(c8)CN(C8CCC(=O)NC8=O)C9=O)CC7)cc6)CC5)cn4)ncc3F)c21. The lowest BCUT2D eigenvalue weighted by atomic mass is 9.83. The lowest BCUT2D eigenvalue weighted by Gasteiger charge is -2.38. The maximum absolute atomic E-state index is 15.1. The first-order valence-electron chi connectivity index (χ1n) is 22.9. The lowest BCUT2D eigenvalue weighted by Crippen LogP contribution is -2.52. The van der Waals surface area contributed by atoms with Crippen LogP contribution in [0, 0.1) is 5.82 Å². The Morgan fingerprint density at radius 1 is 0.828 bits per heavy atom. The zero-order valence-corrected chi connectivity index (χ0v) is 36.3. The van der Waals surface area contributed by atoms with E-state index in [0.717, 1.165) is 100 Å². The van der Waals surface area contributed by atoms with Crippen molar-refractivity contribution in [2.24, 2.45) is 0 Å². The molecule has 0 bridgehead atoms. The Morgan fingerprint density at radius 2 is 1.58 bits per heavy atom. The summed E-state index contributed by atoms with van der Waals surface area (Å²) in [6.07, 6.45) is 11.9. The number of fused-ring (bicyclic) bond motifs is 2. The van der Waals surface area contributed by atoms with E-state index < -0.39 is 23.4 Å². The van der Waals surface area contributed by atoms with Gasteiger partial charge in [-0.3, -0.25) is 34.2 Å². The number of pyridine rings is 1. The first kappa shape index (κ1) is 42.1. The zero-order valence-electron chi connectivity index (χ0n) is 36.3. The van der Waals surface area contributed by atoms with Crippen LogP contribution >= 0.6 is 0 Å². The number of amides is 3. The number of aryl methyl sites for hydroxylation is 1. The molecule has 3 fully saturated rings. The van der Waals surface area contributed by atoms with Gasteiger partial charge in [0.2, 0.25) is 17.8 Å². The topological polar surface area (TPSA) is 162 Å². The third-order valence-corrected chi connectivity index (χ3v) is 14.3. The van der Waals surface area contributed by atoms with Crippen LogP contribution in [0.1, 0.15) is 120 Å². The number of imide groups is 1. The number of benzene rings is 2. The molecule has 2 atom stereocenters. The molecule has 0 radical (unpaired) electrons. The molecule has 0 spiro atoms. The van der Waals surface area contributed by atoms with Gasteiger partial charge in [0.05, 0.1) is 23.7 Å². The predicted octanol–water partition coefficient (Wildman–Crippen LogP) is 6.53. The molecule has 3 amide bonds. The van der Waals surface area contributed by atoms with Gasteiger partial charge in [-0.1, -0.05) is 55.8 Å². The molecule has 332 valence electrons. The van der Waals surface area contributed by atoms with Gasteiger partial charge in [0.25, 0.3) is 5.91 Å². The number of halogens is 1. The second-order valence-corrected chi connectivity index (χ2v) is 18.5. The Kier molecular flexibility index (Phi) is 11.6. The van der Waals surface area contributed by atoms with Gasteiger partial charge in [0, 0.05) is 63.0 Å². The highest BCUT2D eigenvalue weighted by molar-refractivity contribution is 6.05. The van der Waals surface area contributed by atoms with Crippen molar-refractivity contribution in [2.45, 2.75) is 114 Å². The minimum Gasteiger partial charge on any atom is -0.385 e. The van der Waals surface area contributed by atoms with Gasteiger partial charge in [0.15, 0.2) is 5.82 Å². The van der Waals surface area contributed by atoms with Gasteiger partial charge in [-0.2, -0.15) is 5.10 Å². The molecule has 3 aromatic heterocycles. The largest absolute Gasteiger partial charge is 0.385 e. The fraction of sp³-hybridized carbons (Fsp3) is 0.449. The number of nitrogens with one attached hydrogen (secondary N) is 2. The third kappa shape index (κ3) is 8.55. The molecule has 64 heavy (non-hydrogen) atoms. The maximum atomic E-state index is 15.1. The van der Waals surface area contributed by atoms with Gasteiger partial charge in [-0.25, -0.2) is 19.3 Å². The number of carbonyl (C=O) groups is 3. The van der Waals surface area contributed by atoms with E-state index in [4.69, 9.17) is 0 Å². The molecule has 10 rings (SSSR count). The molecule has 5 aliphatic heterocycles. The second-order valence-electron chi connectivity index (χ2n) is 18.5. The average Bonchev–Trinajstić information content (AvgIpc) is 3.82. The molecular formula is C49H55FN10O4. The average molecular weight is 867 g/mol. The van der Waals surface area contributed by atoms with E-state index in [1.54, 1.807) is 17.2 Å². The zero-order chi connectivity index (χ0) is 44.0. The molecule has 0 aliphatic carbocycles. The lowest BCUT2D eigenvalue weighted by molar-refractivity contribution is -0.136. The number of aromatic nitrogens is 5. The summed E-state index contributed by atoms with van der Waals surface area (Å²) in [5.41, 5.74) is 6.97. The van der Waals surface area contributed by atoms with Crippen molar-refractivity contribution in [3.05, 3.63) is 118 Å². The molecular weight excluding hydrogens is 812 g/mol. The Labute approximate surface area is 372 Å². The number of likely N-dealkylation sites (tertiary alicyclic amines) is 2. The van der Waals surface area contributed by atoms with Crippen LogP contribution in [0.25, 0.3) is 11.3 Å². The minimum atomic E-state index is -0.989. The summed E-state index contributed by atoms with van der Waals surface area (Å²) in [6.45, 7) is 8.53. The Balaban J connectivity index is 0.679. The number of hydrogen-bond acceptors (Lipinski definition) is 11. The Bertz CT molecular complexity index is 2550. The molecule has 2 unspecified atom stereocenters. The first-order chi connectivity index (χ1) is 31.1. The maximum Gasteiger partial charge on any atom is 0.255 e. The summed E-state index contributed by atoms with van der Waals surface area (Å²) >= 11 is 0. The summed E-state index contributed by atoms with van der Waals surface area (Å²) < 4.78 is 17.1. The van der Waals surface area contributed by atoms with Crippen LogP contribution in [0.2, 0.25) is 0 Å². The Hall–Kier alpha value is -5.90. The number of aliphatic hydroxyl groups is 1. The number of carbonyl (C=O) groups excluding carboxylic acids is 3. The Morgan fingerprint density at radius 3 is 2.30 bits per heavy atom. The van der Waals surface area contributed by atoms with Crippen LogP contribution < -0.4 is 10.6 Å². The van der Waals surface area contributed by atoms with Crippen molar-refractivity contribution in [2.75, 3.05) is 31.5 Å². The number of rotatable bonds is 10. The molecule has 5 aromatic rings. The molecule has 14 nitrogen and oxygen atoms in total. The quantitative estimate of drug-likeness (QED) is 0.131. The van der Waals surface area contributed by atoms with E-state index in [-0.39, 0.29) is 29.8 Å². The van der Waals surface area contributed by atoms with Gasteiger partial charge in [0.1, 0.15) is 17.6 Å². The van der Waals surface area contributed by atoms with Crippen molar-refractivity contribution < 1.29 is 23.9 Å². The van der Waals surface area contributed by atoms with Crippen LogP contribution in [0.15, 0.2) is 73.2 Å². The van der Waals surface area contributed by atoms with Gasteiger partial charge < -0.3 is 15.3 Å². The summed E-state index contributed by atoms with van der Waals surface area (Å²) in [5, 5.41) is 21.9. The monoisotopic (exact) mass is 866 g/mol. The summed E-state index contributed by atoms with van der Waals surface area (Å²) in [5.74, 6) is 0.221. The van der Waals surface area contributed by atoms with Crippen LogP contribution in [-0.2, 0) is 41.4 Å². The highest BCUT2D eigenvalue weighted by Gasteiger charge is 2.41. The van der Waals surface area contributed by atoms with Crippen LogP contribution in [0.5, 0.6) is 0 Å². The summed E-state index contributed by atoms with van der Waals surface area (Å²) in [7, 11) is 0. The fourth-order valence-corrected chi connectivity index (χ4v) is 10.5. The van der Waals surface area contributed by atoms with Crippen molar-refractivity contribution in [1.29, 1.82) is 0 Å². The van der Waals surface area contributed by atoms with Gasteiger partial charge in [-0.05, 0) is 110 Å². The molecule has 3 saturated heterocycles. The van der Waals surface area contributed by atoms with E-state index in [2.05, 4.69) is 77.7 Å². The van der Waals surface area contributed by atoms with E-state index in [1.165, 1.54) is 22.9 Å².